The van der Waals surface area contributed by atoms with Crippen LogP contribution in [0.15, 0.2) is 36.7 Å². The van der Waals surface area contributed by atoms with Crippen molar-refractivity contribution < 1.29 is 0 Å². The van der Waals surface area contributed by atoms with Crippen molar-refractivity contribution in [3.63, 3.8) is 0 Å². The summed E-state index contributed by atoms with van der Waals surface area (Å²) in [6, 6.07) is 9.00. The van der Waals surface area contributed by atoms with Gasteiger partial charge in [0.15, 0.2) is 8.07 Å². The highest BCUT2D eigenvalue weighted by Gasteiger charge is 2.47. The number of benzene rings is 1. The van der Waals surface area contributed by atoms with Crippen molar-refractivity contribution in [2.45, 2.75) is 71.9 Å². The molecule has 0 bridgehead atoms. The van der Waals surface area contributed by atoms with Crippen LogP contribution in [-0.4, -0.2) is 18.0 Å². The smallest absolute Gasteiger partial charge is 0.170 e. The number of aryl methyl sites for hydroxylation is 2. The van der Waals surface area contributed by atoms with Gasteiger partial charge in [0.25, 0.3) is 0 Å². The fraction of sp³-hybridized carbons (Fsp3) is 0.524. The van der Waals surface area contributed by atoms with E-state index in [4.69, 9.17) is 9.97 Å². The van der Waals surface area contributed by atoms with Gasteiger partial charge in [0.2, 0.25) is 0 Å². The third-order valence-electron chi connectivity index (χ3n) is 5.26. The summed E-state index contributed by atoms with van der Waals surface area (Å²) in [6.45, 7) is 13.9. The van der Waals surface area contributed by atoms with Crippen LogP contribution in [0.25, 0.3) is 0 Å². The Labute approximate surface area is 148 Å². The monoisotopic (exact) mass is 340 g/mol. The van der Waals surface area contributed by atoms with Gasteiger partial charge >= 0.3 is 0 Å². The molecule has 0 atom stereocenters. The Morgan fingerprint density at radius 3 is 2.17 bits per heavy atom. The Bertz CT molecular complexity index is 642. The molecule has 2 nitrogen and oxygen atoms in total. The lowest BCUT2D eigenvalue weighted by Gasteiger charge is -2.39. The molecule has 0 saturated carbocycles. The van der Waals surface area contributed by atoms with E-state index in [1.165, 1.54) is 24.0 Å². The molecular formula is C21H32N2Si. The summed E-state index contributed by atoms with van der Waals surface area (Å²) in [5.41, 5.74) is 5.09. The molecule has 0 N–H and O–H groups in total. The minimum absolute atomic E-state index is 0.558. The molecule has 130 valence electrons. The van der Waals surface area contributed by atoms with Crippen LogP contribution < -0.4 is 10.6 Å². The third-order valence-corrected chi connectivity index (χ3v) is 11.3. The van der Waals surface area contributed by atoms with E-state index < -0.39 is 8.07 Å². The molecule has 1 aromatic heterocycles. The highest BCUT2D eigenvalue weighted by Crippen LogP contribution is 2.32. The van der Waals surface area contributed by atoms with E-state index in [0.717, 1.165) is 11.9 Å². The van der Waals surface area contributed by atoms with Crippen molar-refractivity contribution in [2.75, 3.05) is 0 Å². The average molecular weight is 341 g/mol. The van der Waals surface area contributed by atoms with E-state index in [2.05, 4.69) is 59.7 Å². The first-order chi connectivity index (χ1) is 11.4. The van der Waals surface area contributed by atoms with Crippen LogP contribution in [0.2, 0.25) is 11.1 Å². The number of unbranched alkanes of at least 4 members (excludes halogenated alkanes) is 1. The quantitative estimate of drug-likeness (QED) is 0.693. The van der Waals surface area contributed by atoms with Crippen molar-refractivity contribution in [1.82, 2.24) is 9.97 Å². The normalized spacial score (nSPS) is 12.2. The van der Waals surface area contributed by atoms with Crippen molar-refractivity contribution in [1.29, 1.82) is 0 Å². The molecule has 0 aliphatic heterocycles. The molecule has 0 aliphatic carbocycles. The van der Waals surface area contributed by atoms with Gasteiger partial charge < -0.3 is 0 Å². The standard InChI is InChI=1S/C21H32N2Si/c1-7-8-10-19-15-18(6)11-12-20(19)24(16(2)3,17(4)5)21-22-13-9-14-23-21/h9,11-17H,7-8,10H2,1-6H3. The summed E-state index contributed by atoms with van der Waals surface area (Å²) in [4.78, 5) is 9.53. The molecule has 0 radical (unpaired) electrons. The van der Waals surface area contributed by atoms with Crippen LogP contribution in [0, 0.1) is 6.92 Å². The lowest BCUT2D eigenvalue weighted by molar-refractivity contribution is 0.795. The van der Waals surface area contributed by atoms with Gasteiger partial charge in [0, 0.05) is 12.4 Å². The largest absolute Gasteiger partial charge is 0.246 e. The lowest BCUT2D eigenvalue weighted by Crippen LogP contribution is -2.65. The van der Waals surface area contributed by atoms with Gasteiger partial charge in [-0.05, 0) is 47.7 Å². The Kier molecular flexibility index (Phi) is 6.33. The molecule has 24 heavy (non-hydrogen) atoms. The summed E-state index contributed by atoms with van der Waals surface area (Å²) < 4.78 is 0. The van der Waals surface area contributed by atoms with E-state index >= 15 is 0 Å². The first-order valence-electron chi connectivity index (χ1n) is 9.32. The predicted octanol–water partition coefficient (Wildman–Crippen LogP) is 4.51. The molecule has 0 spiro atoms. The second-order valence-corrected chi connectivity index (χ2v) is 12.5. The first-order valence-corrected chi connectivity index (χ1v) is 11.5. The minimum atomic E-state index is -2.04. The molecule has 2 rings (SSSR count). The van der Waals surface area contributed by atoms with Gasteiger partial charge in [-0.2, -0.15) is 0 Å². The highest BCUT2D eigenvalue weighted by atomic mass is 28.3. The summed E-state index contributed by atoms with van der Waals surface area (Å²) in [5, 5.41) is 1.55. The van der Waals surface area contributed by atoms with Gasteiger partial charge in [-0.25, -0.2) is 9.97 Å². The SMILES string of the molecule is CCCCc1cc(C)ccc1[Si](c1ncccn1)(C(C)C)C(C)C. The first kappa shape index (κ1) is 18.8. The fourth-order valence-electron chi connectivity index (χ4n) is 4.14. The number of aromatic nitrogens is 2. The average Bonchev–Trinajstić information content (AvgIpc) is 2.55. The van der Waals surface area contributed by atoms with Gasteiger partial charge in [-0.3, -0.25) is 0 Å². The van der Waals surface area contributed by atoms with Crippen LogP contribution in [0.5, 0.6) is 0 Å². The molecule has 0 amide bonds. The molecule has 0 saturated heterocycles. The fourth-order valence-corrected chi connectivity index (χ4v) is 9.65. The van der Waals surface area contributed by atoms with Crippen LogP contribution in [-0.2, 0) is 6.42 Å². The summed E-state index contributed by atoms with van der Waals surface area (Å²) in [7, 11) is -2.04. The Morgan fingerprint density at radius 2 is 1.62 bits per heavy atom. The van der Waals surface area contributed by atoms with E-state index in [1.807, 2.05) is 18.5 Å². The maximum atomic E-state index is 4.76. The molecular weight excluding hydrogens is 308 g/mol. The molecule has 0 aliphatic rings. The van der Waals surface area contributed by atoms with Crippen molar-refractivity contribution in [3.05, 3.63) is 47.8 Å². The van der Waals surface area contributed by atoms with Gasteiger partial charge in [0.1, 0.15) is 5.45 Å². The zero-order valence-electron chi connectivity index (χ0n) is 16.1. The molecule has 0 fully saturated rings. The maximum absolute atomic E-state index is 4.76. The van der Waals surface area contributed by atoms with Crippen LogP contribution in [0.1, 0.15) is 58.6 Å². The maximum Gasteiger partial charge on any atom is 0.170 e. The molecule has 2 aromatic rings. The minimum Gasteiger partial charge on any atom is -0.246 e. The zero-order valence-corrected chi connectivity index (χ0v) is 17.1. The van der Waals surface area contributed by atoms with E-state index in [0.29, 0.717) is 11.1 Å². The van der Waals surface area contributed by atoms with Crippen LogP contribution in [0.3, 0.4) is 0 Å². The topological polar surface area (TPSA) is 25.8 Å². The van der Waals surface area contributed by atoms with E-state index in [-0.39, 0.29) is 0 Å². The molecule has 0 unspecified atom stereocenters. The second-order valence-electron chi connectivity index (χ2n) is 7.51. The van der Waals surface area contributed by atoms with E-state index in [1.54, 1.807) is 5.19 Å². The van der Waals surface area contributed by atoms with Crippen molar-refractivity contribution in [2.24, 2.45) is 0 Å². The third kappa shape index (κ3) is 3.46. The van der Waals surface area contributed by atoms with Crippen LogP contribution in [0.4, 0.5) is 0 Å². The van der Waals surface area contributed by atoms with Gasteiger partial charge in [-0.15, -0.1) is 0 Å². The van der Waals surface area contributed by atoms with Crippen LogP contribution >= 0.6 is 0 Å². The predicted molar refractivity (Wildman–Crippen MR) is 107 cm³/mol. The van der Waals surface area contributed by atoms with Gasteiger partial charge in [-0.1, -0.05) is 64.8 Å². The summed E-state index contributed by atoms with van der Waals surface area (Å²) in [6.07, 6.45) is 7.46. The highest BCUT2D eigenvalue weighted by molar-refractivity contribution is 7.03. The molecule has 3 heteroatoms. The lowest BCUT2D eigenvalue weighted by atomic mass is 10.1. The van der Waals surface area contributed by atoms with Gasteiger partial charge in [0.05, 0.1) is 0 Å². The number of rotatable bonds is 7. The Hall–Kier alpha value is -1.48. The summed E-state index contributed by atoms with van der Waals surface area (Å²) in [5.74, 6) is 0. The summed E-state index contributed by atoms with van der Waals surface area (Å²) >= 11 is 0. The number of nitrogens with zero attached hydrogens (tertiary/aromatic N) is 2. The Morgan fingerprint density at radius 1 is 1.00 bits per heavy atom. The molecule has 1 heterocycles. The van der Waals surface area contributed by atoms with Crippen molar-refractivity contribution in [3.8, 4) is 0 Å². The number of hydrogen-bond acceptors (Lipinski definition) is 2. The zero-order chi connectivity index (χ0) is 17.7. The second kappa shape index (κ2) is 8.06. The Balaban J connectivity index is 2.73. The van der Waals surface area contributed by atoms with E-state index in [9.17, 15) is 0 Å². The van der Waals surface area contributed by atoms with Crippen molar-refractivity contribution >= 4 is 18.7 Å². The number of hydrogen-bond donors (Lipinski definition) is 0. The molecule has 1 aromatic carbocycles.